The van der Waals surface area contributed by atoms with Crippen LogP contribution in [0.5, 0.6) is 0 Å². The number of nitrogens with zero attached hydrogens (tertiary/aromatic N) is 4. The maximum atomic E-state index is 11.9. The molecule has 9 nitrogen and oxygen atoms in total. The summed E-state index contributed by atoms with van der Waals surface area (Å²) in [5.41, 5.74) is 4.19. The zero-order chi connectivity index (χ0) is 29.6. The average Bonchev–Trinajstić information content (AvgIpc) is 3.50. The summed E-state index contributed by atoms with van der Waals surface area (Å²) in [4.78, 5) is 38.8. The Morgan fingerprint density at radius 2 is 1.40 bits per heavy atom. The number of furan rings is 1. The maximum Gasteiger partial charge on any atom is 0.335 e. The monoisotopic (exact) mass is 562 g/mol. The average molecular weight is 563 g/mol. The summed E-state index contributed by atoms with van der Waals surface area (Å²) in [6.45, 7) is 5.05. The first kappa shape index (κ1) is 28.2. The minimum absolute atomic E-state index is 0.0206. The van der Waals surface area contributed by atoms with Gasteiger partial charge in [-0.2, -0.15) is 0 Å². The molecule has 0 saturated heterocycles. The summed E-state index contributed by atoms with van der Waals surface area (Å²) in [6.07, 6.45) is 6.22. The Balaban J connectivity index is 1.50. The van der Waals surface area contributed by atoms with E-state index >= 15 is 0 Å². The number of aromatic nitrogens is 3. The molecule has 5 rings (SSSR count). The van der Waals surface area contributed by atoms with Gasteiger partial charge in [0.1, 0.15) is 5.76 Å². The van der Waals surface area contributed by atoms with Crippen LogP contribution in [-0.2, 0) is 0 Å². The van der Waals surface area contributed by atoms with Gasteiger partial charge in [-0.1, -0.05) is 37.5 Å². The van der Waals surface area contributed by atoms with Crippen molar-refractivity contribution in [2.24, 2.45) is 0 Å². The molecule has 0 amide bonds. The standard InChI is InChI=1S/C33H30N4O5/c1-3-4-5-16-37(25-8-6-21(2)7-9-25)31-11-10-30(42-31)22-12-14-34-26(17-22)28-19-24(33(40)41)20-29(36-28)27-18-23(32(38)39)13-15-35-27/h6-15,17-20H,3-5,16H2,1-2H3,(H,38,39)(H,40,41). The molecule has 2 N–H and O–H groups in total. The number of benzene rings is 1. The van der Waals surface area contributed by atoms with Crippen LogP contribution in [0.4, 0.5) is 11.6 Å². The molecule has 1 aromatic carbocycles. The lowest BCUT2D eigenvalue weighted by molar-refractivity contribution is 0.0686. The van der Waals surface area contributed by atoms with Crippen LogP contribution in [0, 0.1) is 6.92 Å². The minimum Gasteiger partial charge on any atom is -0.478 e. The molecular formula is C33H30N4O5. The van der Waals surface area contributed by atoms with Crippen LogP contribution in [-0.4, -0.2) is 43.6 Å². The highest BCUT2D eigenvalue weighted by Gasteiger charge is 2.17. The van der Waals surface area contributed by atoms with Crippen molar-refractivity contribution in [2.45, 2.75) is 33.1 Å². The van der Waals surface area contributed by atoms with Gasteiger partial charge in [0.25, 0.3) is 0 Å². The molecule has 42 heavy (non-hydrogen) atoms. The molecule has 4 heterocycles. The Morgan fingerprint density at radius 3 is 2.07 bits per heavy atom. The van der Waals surface area contributed by atoms with E-state index in [-0.39, 0.29) is 22.5 Å². The number of hydrogen-bond donors (Lipinski definition) is 2. The maximum absolute atomic E-state index is 11.9. The minimum atomic E-state index is -1.15. The fourth-order valence-corrected chi connectivity index (χ4v) is 4.58. The van der Waals surface area contributed by atoms with E-state index < -0.39 is 11.9 Å². The predicted octanol–water partition coefficient (Wildman–Crippen LogP) is 7.50. The highest BCUT2D eigenvalue weighted by atomic mass is 16.4. The van der Waals surface area contributed by atoms with Crippen molar-refractivity contribution in [3.8, 4) is 34.1 Å². The van der Waals surface area contributed by atoms with Crippen LogP contribution in [0.1, 0.15) is 52.5 Å². The van der Waals surface area contributed by atoms with Crippen molar-refractivity contribution < 1.29 is 24.2 Å². The molecule has 0 unspecified atom stereocenters. The molecule has 0 radical (unpaired) electrons. The Bertz CT molecular complexity index is 1730. The molecule has 0 fully saturated rings. The largest absolute Gasteiger partial charge is 0.478 e. The zero-order valence-electron chi connectivity index (χ0n) is 23.3. The molecule has 0 aliphatic rings. The molecule has 0 aliphatic carbocycles. The van der Waals surface area contributed by atoms with Crippen molar-refractivity contribution in [1.29, 1.82) is 0 Å². The molecular weight excluding hydrogens is 532 g/mol. The molecule has 0 aliphatic heterocycles. The van der Waals surface area contributed by atoms with Gasteiger partial charge in [0.15, 0.2) is 0 Å². The van der Waals surface area contributed by atoms with Gasteiger partial charge in [-0.05, 0) is 67.9 Å². The normalized spacial score (nSPS) is 10.9. The first-order valence-electron chi connectivity index (χ1n) is 13.7. The molecule has 4 aromatic heterocycles. The Labute approximate surface area is 243 Å². The second kappa shape index (κ2) is 12.5. The number of anilines is 2. The molecule has 0 spiro atoms. The molecule has 5 aromatic rings. The lowest BCUT2D eigenvalue weighted by atomic mass is 10.1. The van der Waals surface area contributed by atoms with Crippen LogP contribution in [0.2, 0.25) is 0 Å². The zero-order valence-corrected chi connectivity index (χ0v) is 23.3. The van der Waals surface area contributed by atoms with E-state index in [1.807, 2.05) is 18.2 Å². The van der Waals surface area contributed by atoms with Gasteiger partial charge in [0.2, 0.25) is 5.88 Å². The van der Waals surface area contributed by atoms with E-state index in [4.69, 9.17) is 4.42 Å². The van der Waals surface area contributed by atoms with E-state index in [1.54, 1.807) is 12.3 Å². The van der Waals surface area contributed by atoms with E-state index in [2.05, 4.69) is 58.0 Å². The van der Waals surface area contributed by atoms with Crippen molar-refractivity contribution >= 4 is 23.5 Å². The lowest BCUT2D eigenvalue weighted by Crippen LogP contribution is -2.17. The summed E-state index contributed by atoms with van der Waals surface area (Å²) in [7, 11) is 0. The van der Waals surface area contributed by atoms with Crippen LogP contribution >= 0.6 is 0 Å². The number of hydrogen-bond acceptors (Lipinski definition) is 7. The van der Waals surface area contributed by atoms with Crippen molar-refractivity contribution in [1.82, 2.24) is 15.0 Å². The van der Waals surface area contributed by atoms with E-state index in [0.717, 1.165) is 42.9 Å². The molecule has 212 valence electrons. The van der Waals surface area contributed by atoms with E-state index in [0.29, 0.717) is 17.1 Å². The highest BCUT2D eigenvalue weighted by Crippen LogP contribution is 2.33. The van der Waals surface area contributed by atoms with E-state index in [9.17, 15) is 19.8 Å². The van der Waals surface area contributed by atoms with Gasteiger partial charge in [-0.25, -0.2) is 14.6 Å². The summed E-state index contributed by atoms with van der Waals surface area (Å²) >= 11 is 0. The number of pyridine rings is 3. The van der Waals surface area contributed by atoms with Crippen molar-refractivity contribution in [3.63, 3.8) is 0 Å². The van der Waals surface area contributed by atoms with Crippen LogP contribution < -0.4 is 4.90 Å². The van der Waals surface area contributed by atoms with Crippen LogP contribution in [0.3, 0.4) is 0 Å². The third-order valence-corrected chi connectivity index (χ3v) is 6.84. The van der Waals surface area contributed by atoms with Gasteiger partial charge in [-0.15, -0.1) is 0 Å². The Morgan fingerprint density at radius 1 is 0.762 bits per heavy atom. The van der Waals surface area contributed by atoms with Crippen molar-refractivity contribution in [3.05, 3.63) is 102 Å². The second-order valence-electron chi connectivity index (χ2n) is 9.93. The van der Waals surface area contributed by atoms with Crippen molar-refractivity contribution in [2.75, 3.05) is 11.4 Å². The number of carbonyl (C=O) groups is 2. The topological polar surface area (TPSA) is 130 Å². The quantitative estimate of drug-likeness (QED) is 0.157. The number of aromatic carboxylic acids is 2. The summed E-state index contributed by atoms with van der Waals surface area (Å²) in [5, 5.41) is 19.1. The van der Waals surface area contributed by atoms with E-state index in [1.165, 1.54) is 36.0 Å². The number of unbranched alkanes of at least 4 members (excludes halogenated alkanes) is 2. The lowest BCUT2D eigenvalue weighted by Gasteiger charge is -2.22. The molecule has 0 bridgehead atoms. The SMILES string of the molecule is CCCCCN(c1ccc(C)cc1)c1ccc(-c2ccnc(-c3cc(C(=O)O)cc(-c4cc(C(=O)O)ccn4)n3)c2)o1. The Kier molecular flexibility index (Phi) is 8.38. The fraction of sp³-hybridized carbons (Fsp3) is 0.182. The fourth-order valence-electron chi connectivity index (χ4n) is 4.58. The highest BCUT2D eigenvalue weighted by molar-refractivity contribution is 5.91. The first-order chi connectivity index (χ1) is 20.3. The van der Waals surface area contributed by atoms with Crippen LogP contribution in [0.25, 0.3) is 34.1 Å². The number of aryl methyl sites for hydroxylation is 1. The molecule has 0 atom stereocenters. The second-order valence-corrected chi connectivity index (χ2v) is 9.93. The number of carboxylic acid groups (broad SMARTS) is 2. The van der Waals surface area contributed by atoms with Gasteiger partial charge in [0, 0.05) is 36.3 Å². The van der Waals surface area contributed by atoms with Crippen LogP contribution in [0.15, 0.2) is 89.6 Å². The summed E-state index contributed by atoms with van der Waals surface area (Å²) in [5.74, 6) is -0.917. The molecule has 9 heteroatoms. The molecule has 0 saturated carbocycles. The van der Waals surface area contributed by atoms with Gasteiger partial charge in [0.05, 0.1) is 33.9 Å². The first-order valence-corrected chi connectivity index (χ1v) is 13.7. The third kappa shape index (κ3) is 6.36. The number of rotatable bonds is 11. The summed E-state index contributed by atoms with van der Waals surface area (Å²) in [6, 6.07) is 21.3. The van der Waals surface area contributed by atoms with Gasteiger partial charge >= 0.3 is 11.9 Å². The Hall–Kier alpha value is -5.31. The predicted molar refractivity (Wildman–Crippen MR) is 160 cm³/mol. The smallest absolute Gasteiger partial charge is 0.335 e. The van der Waals surface area contributed by atoms with Gasteiger partial charge in [-0.3, -0.25) is 9.97 Å². The third-order valence-electron chi connectivity index (χ3n) is 6.84. The van der Waals surface area contributed by atoms with Gasteiger partial charge < -0.3 is 19.5 Å². The summed E-state index contributed by atoms with van der Waals surface area (Å²) < 4.78 is 6.35. The number of carboxylic acids is 2.